The molecule has 88 valence electrons. The van der Waals surface area contributed by atoms with Crippen molar-refractivity contribution in [2.75, 3.05) is 11.9 Å². The van der Waals surface area contributed by atoms with Gasteiger partial charge in [-0.25, -0.2) is 0 Å². The van der Waals surface area contributed by atoms with Gasteiger partial charge in [0.15, 0.2) is 0 Å². The molecule has 6 heteroatoms. The maximum Gasteiger partial charge on any atom is 0.247 e. The molecule has 0 fully saturated rings. The highest BCUT2D eigenvalue weighted by atomic mass is 16.4. The molecule has 0 unspecified atom stereocenters. The van der Waals surface area contributed by atoms with E-state index in [0.29, 0.717) is 17.5 Å². The Balaban J connectivity index is 2.15. The number of carbonyl (C=O) groups is 1. The largest absolute Gasteiger partial charge is 0.421 e. The Morgan fingerprint density at radius 3 is 2.59 bits per heavy atom. The monoisotopic (exact) mass is 232 g/mol. The fourth-order valence-corrected chi connectivity index (χ4v) is 1.32. The van der Waals surface area contributed by atoms with Crippen LogP contribution >= 0.6 is 0 Å². The number of carbonyl (C=O) groups excluding carboxylic acids is 1. The Kier molecular flexibility index (Phi) is 3.15. The summed E-state index contributed by atoms with van der Waals surface area (Å²) >= 11 is 0. The lowest BCUT2D eigenvalue weighted by Crippen LogP contribution is -2.21. The normalized spacial score (nSPS) is 10.2. The van der Waals surface area contributed by atoms with E-state index >= 15 is 0 Å². The van der Waals surface area contributed by atoms with E-state index in [1.807, 2.05) is 0 Å². The highest BCUT2D eigenvalue weighted by Gasteiger charge is 2.06. The number of nitrogens with one attached hydrogen (secondary N) is 1. The first-order valence-corrected chi connectivity index (χ1v) is 5.09. The number of aryl methyl sites for hydroxylation is 1. The summed E-state index contributed by atoms with van der Waals surface area (Å²) in [6.07, 6.45) is 0. The highest BCUT2D eigenvalue weighted by Crippen LogP contribution is 2.19. The number of aromatic nitrogens is 2. The summed E-state index contributed by atoms with van der Waals surface area (Å²) < 4.78 is 5.28. The van der Waals surface area contributed by atoms with E-state index in [0.717, 1.165) is 5.56 Å². The molecule has 0 bridgehead atoms. The average molecular weight is 232 g/mol. The van der Waals surface area contributed by atoms with E-state index in [9.17, 15) is 4.79 Å². The number of nitrogens with two attached hydrogens (primary N) is 1. The SMILES string of the molecule is Cc1nnc(-c2ccc(NC(=O)CN)cc2)o1. The van der Waals surface area contributed by atoms with Crippen molar-refractivity contribution in [1.82, 2.24) is 10.2 Å². The number of amides is 1. The molecule has 1 heterocycles. The number of hydrogen-bond donors (Lipinski definition) is 2. The minimum Gasteiger partial charge on any atom is -0.421 e. The number of rotatable bonds is 3. The number of hydrogen-bond acceptors (Lipinski definition) is 5. The van der Waals surface area contributed by atoms with Gasteiger partial charge >= 0.3 is 0 Å². The van der Waals surface area contributed by atoms with Gasteiger partial charge in [0, 0.05) is 18.2 Å². The quantitative estimate of drug-likeness (QED) is 0.821. The van der Waals surface area contributed by atoms with E-state index in [1.54, 1.807) is 31.2 Å². The fraction of sp³-hybridized carbons (Fsp3) is 0.182. The molecule has 0 saturated heterocycles. The molecule has 0 aliphatic heterocycles. The number of benzene rings is 1. The summed E-state index contributed by atoms with van der Waals surface area (Å²) in [4.78, 5) is 11.1. The number of nitrogens with zero attached hydrogens (tertiary/aromatic N) is 2. The van der Waals surface area contributed by atoms with Crippen LogP contribution in [0.4, 0.5) is 5.69 Å². The molecule has 0 radical (unpaired) electrons. The summed E-state index contributed by atoms with van der Waals surface area (Å²) in [5.74, 6) is 0.742. The summed E-state index contributed by atoms with van der Waals surface area (Å²) in [7, 11) is 0. The van der Waals surface area contributed by atoms with Crippen molar-refractivity contribution in [3.63, 3.8) is 0 Å². The zero-order chi connectivity index (χ0) is 12.3. The number of anilines is 1. The predicted octanol–water partition coefficient (Wildman–Crippen LogP) is 0.942. The lowest BCUT2D eigenvalue weighted by atomic mass is 10.2. The van der Waals surface area contributed by atoms with E-state index < -0.39 is 0 Å². The van der Waals surface area contributed by atoms with Gasteiger partial charge in [0.25, 0.3) is 0 Å². The van der Waals surface area contributed by atoms with Crippen LogP contribution in [-0.2, 0) is 4.79 Å². The van der Waals surface area contributed by atoms with Crippen LogP contribution in [0.25, 0.3) is 11.5 Å². The van der Waals surface area contributed by atoms with Crippen LogP contribution in [-0.4, -0.2) is 22.6 Å². The van der Waals surface area contributed by atoms with Crippen LogP contribution in [0, 0.1) is 6.92 Å². The Labute approximate surface area is 97.8 Å². The van der Waals surface area contributed by atoms with Crippen LogP contribution in [0.15, 0.2) is 28.7 Å². The van der Waals surface area contributed by atoms with Crippen molar-refractivity contribution >= 4 is 11.6 Å². The minimum atomic E-state index is -0.230. The third kappa shape index (κ3) is 2.67. The van der Waals surface area contributed by atoms with Crippen molar-refractivity contribution in [2.45, 2.75) is 6.92 Å². The summed E-state index contributed by atoms with van der Waals surface area (Å²) in [6.45, 7) is 1.69. The predicted molar refractivity (Wildman–Crippen MR) is 62.2 cm³/mol. The zero-order valence-electron chi connectivity index (χ0n) is 9.30. The molecule has 17 heavy (non-hydrogen) atoms. The first kappa shape index (κ1) is 11.3. The molecule has 2 aromatic rings. The maximum atomic E-state index is 11.1. The lowest BCUT2D eigenvalue weighted by molar-refractivity contribution is -0.114. The Bertz CT molecular complexity index is 519. The van der Waals surface area contributed by atoms with Gasteiger partial charge in [0.05, 0.1) is 6.54 Å². The van der Waals surface area contributed by atoms with Gasteiger partial charge < -0.3 is 15.5 Å². The van der Waals surface area contributed by atoms with Gasteiger partial charge in [-0.2, -0.15) is 0 Å². The summed E-state index contributed by atoms with van der Waals surface area (Å²) in [5.41, 5.74) is 6.68. The van der Waals surface area contributed by atoms with Crippen molar-refractivity contribution in [2.24, 2.45) is 5.73 Å². The molecule has 1 aromatic carbocycles. The van der Waals surface area contributed by atoms with Crippen LogP contribution < -0.4 is 11.1 Å². The topological polar surface area (TPSA) is 94.0 Å². The van der Waals surface area contributed by atoms with E-state index in [-0.39, 0.29) is 12.5 Å². The third-order valence-electron chi connectivity index (χ3n) is 2.13. The summed E-state index contributed by atoms with van der Waals surface area (Å²) in [6, 6.07) is 7.09. The van der Waals surface area contributed by atoms with Crippen molar-refractivity contribution in [3.05, 3.63) is 30.2 Å². The lowest BCUT2D eigenvalue weighted by Gasteiger charge is -2.03. The van der Waals surface area contributed by atoms with Gasteiger partial charge in [-0.05, 0) is 24.3 Å². The molecule has 0 atom stereocenters. The summed E-state index contributed by atoms with van der Waals surface area (Å²) in [5, 5.41) is 10.3. The van der Waals surface area contributed by atoms with Gasteiger partial charge in [0.1, 0.15) is 0 Å². The maximum absolute atomic E-state index is 11.1. The minimum absolute atomic E-state index is 0.0371. The third-order valence-corrected chi connectivity index (χ3v) is 2.13. The van der Waals surface area contributed by atoms with Crippen molar-refractivity contribution in [3.8, 4) is 11.5 Å². The molecule has 0 aliphatic rings. The van der Waals surface area contributed by atoms with Gasteiger partial charge in [0.2, 0.25) is 17.7 Å². The van der Waals surface area contributed by atoms with Gasteiger partial charge in [-0.1, -0.05) is 0 Å². The smallest absolute Gasteiger partial charge is 0.247 e. The van der Waals surface area contributed by atoms with Crippen LogP contribution in [0.5, 0.6) is 0 Å². The molecule has 3 N–H and O–H groups in total. The molecular formula is C11H12N4O2. The van der Waals surface area contributed by atoms with Gasteiger partial charge in [-0.3, -0.25) is 4.79 Å². The molecule has 0 aliphatic carbocycles. The molecular weight excluding hydrogens is 220 g/mol. The molecule has 0 spiro atoms. The zero-order valence-corrected chi connectivity index (χ0v) is 9.30. The molecule has 6 nitrogen and oxygen atoms in total. The molecule has 1 aromatic heterocycles. The van der Waals surface area contributed by atoms with Crippen LogP contribution in [0.3, 0.4) is 0 Å². The molecule has 1 amide bonds. The van der Waals surface area contributed by atoms with Crippen molar-refractivity contribution in [1.29, 1.82) is 0 Å². The molecule has 0 saturated carbocycles. The first-order chi connectivity index (χ1) is 8.19. The second kappa shape index (κ2) is 4.75. The van der Waals surface area contributed by atoms with E-state index in [4.69, 9.17) is 10.2 Å². The second-order valence-corrected chi connectivity index (χ2v) is 3.46. The standard InChI is InChI=1S/C11H12N4O2/c1-7-14-15-11(17-7)8-2-4-9(5-3-8)13-10(16)6-12/h2-5H,6,12H2,1H3,(H,13,16). The highest BCUT2D eigenvalue weighted by molar-refractivity contribution is 5.92. The average Bonchev–Trinajstić information content (AvgIpc) is 2.77. The Hall–Kier alpha value is -2.21. The van der Waals surface area contributed by atoms with Crippen LogP contribution in [0.1, 0.15) is 5.89 Å². The Morgan fingerprint density at radius 2 is 2.06 bits per heavy atom. The van der Waals surface area contributed by atoms with Crippen molar-refractivity contribution < 1.29 is 9.21 Å². The first-order valence-electron chi connectivity index (χ1n) is 5.09. The van der Waals surface area contributed by atoms with E-state index in [2.05, 4.69) is 15.5 Å². The Morgan fingerprint density at radius 1 is 1.35 bits per heavy atom. The fourth-order valence-electron chi connectivity index (χ4n) is 1.32. The van der Waals surface area contributed by atoms with Crippen LogP contribution in [0.2, 0.25) is 0 Å². The van der Waals surface area contributed by atoms with Gasteiger partial charge in [-0.15, -0.1) is 10.2 Å². The second-order valence-electron chi connectivity index (χ2n) is 3.46. The van der Waals surface area contributed by atoms with E-state index in [1.165, 1.54) is 0 Å². The molecule has 2 rings (SSSR count).